The van der Waals surface area contributed by atoms with Gasteiger partial charge in [-0.3, -0.25) is 9.11 Å². The fourth-order valence-corrected chi connectivity index (χ4v) is 4.91. The lowest BCUT2D eigenvalue weighted by Gasteiger charge is -2.14. The Morgan fingerprint density at radius 3 is 1.87 bits per heavy atom. The molecule has 0 saturated heterocycles. The summed E-state index contributed by atoms with van der Waals surface area (Å²) in [5, 5.41) is -0.311. The molecule has 0 aliphatic carbocycles. The van der Waals surface area contributed by atoms with E-state index in [0.717, 1.165) is 24.3 Å². The zero-order chi connectivity index (χ0) is 22.3. The van der Waals surface area contributed by atoms with Crippen LogP contribution in [-0.2, 0) is 36.1 Å². The molecule has 4 N–H and O–H groups in total. The zero-order valence-electron chi connectivity index (χ0n) is 15.0. The molecule has 0 radical (unpaired) electrons. The zero-order valence-corrected chi connectivity index (χ0v) is 17.4. The van der Waals surface area contributed by atoms with Crippen LogP contribution in [0.25, 0.3) is 10.8 Å². The highest BCUT2D eigenvalue weighted by molar-refractivity contribution is 7.86. The normalized spacial score (nSPS) is 12.7. The molecule has 3 aromatic carbocycles. The molecule has 0 atom stereocenters. The minimum absolute atomic E-state index is 0.119. The van der Waals surface area contributed by atoms with Gasteiger partial charge in [0.05, 0.1) is 9.79 Å². The third-order valence-electron chi connectivity index (χ3n) is 3.99. The van der Waals surface area contributed by atoms with Crippen molar-refractivity contribution in [2.45, 2.75) is 15.5 Å². The summed E-state index contributed by atoms with van der Waals surface area (Å²) in [6.45, 7) is 0. The highest BCUT2D eigenvalue weighted by Gasteiger charge is 2.23. The van der Waals surface area contributed by atoms with Gasteiger partial charge in [0.1, 0.15) is 5.75 Å². The molecule has 0 bridgehead atoms. The van der Waals surface area contributed by atoms with Gasteiger partial charge in [-0.25, -0.2) is 0 Å². The summed E-state index contributed by atoms with van der Waals surface area (Å²) in [7, 11) is -13.8. The van der Waals surface area contributed by atoms with Crippen LogP contribution < -0.4 is 9.92 Å². The monoisotopic (exact) mass is 473 g/mol. The van der Waals surface area contributed by atoms with Crippen molar-refractivity contribution in [1.82, 2.24) is 0 Å². The second-order valence-corrected chi connectivity index (χ2v) is 10.7. The van der Waals surface area contributed by atoms with E-state index < -0.39 is 51.6 Å². The molecule has 0 amide bonds. The van der Waals surface area contributed by atoms with Crippen molar-refractivity contribution in [1.29, 1.82) is 0 Å². The Bertz CT molecular complexity index is 1440. The van der Waals surface area contributed by atoms with E-state index in [1.807, 2.05) is 0 Å². The summed E-state index contributed by atoms with van der Waals surface area (Å²) in [6, 6.07) is 11.4. The van der Waals surface area contributed by atoms with Crippen LogP contribution in [0.4, 0.5) is 5.69 Å². The highest BCUT2D eigenvalue weighted by Crippen LogP contribution is 2.37. The van der Waals surface area contributed by atoms with Crippen LogP contribution in [0.1, 0.15) is 5.56 Å². The fourth-order valence-electron chi connectivity index (χ4n) is 2.76. The van der Waals surface area contributed by atoms with Crippen molar-refractivity contribution in [3.63, 3.8) is 0 Å². The number of nitrogen functional groups attached to an aromatic ring is 1. The number of nitrogens with two attached hydrogens (primary N) is 1. The maximum Gasteiger partial charge on any atom is 0.313 e. The standard InChI is InChI=1S/C17H15NO9S3/c18-15-8-13(29(21,22)23)6-12-7-14(30(24,25)26)9-16(17(12)15)27-28(19,20)10-11-4-2-1-3-5-11/h1-9H,10,18H2,(H,21,22,23)(H,24,25,26). The van der Waals surface area contributed by atoms with E-state index in [-0.39, 0.29) is 16.5 Å². The molecule has 0 heterocycles. The van der Waals surface area contributed by atoms with Gasteiger partial charge in [0.15, 0.2) is 5.75 Å². The summed E-state index contributed by atoms with van der Waals surface area (Å²) in [5.41, 5.74) is 5.92. The van der Waals surface area contributed by atoms with Gasteiger partial charge in [-0.05, 0) is 29.1 Å². The average Bonchev–Trinajstić information content (AvgIpc) is 2.59. The van der Waals surface area contributed by atoms with Crippen molar-refractivity contribution in [2.75, 3.05) is 5.73 Å². The largest absolute Gasteiger partial charge is 0.398 e. The molecule has 0 aromatic heterocycles. The molecule has 0 fully saturated rings. The quantitative estimate of drug-likeness (QED) is 0.272. The maximum absolute atomic E-state index is 12.5. The smallest absolute Gasteiger partial charge is 0.313 e. The molecular formula is C17H15NO9S3. The number of hydrogen-bond acceptors (Lipinski definition) is 8. The summed E-state index contributed by atoms with van der Waals surface area (Å²) in [5.74, 6) is -1.08. The third kappa shape index (κ3) is 4.88. The van der Waals surface area contributed by atoms with Crippen molar-refractivity contribution in [3.05, 3.63) is 60.2 Å². The van der Waals surface area contributed by atoms with Gasteiger partial charge in [0.2, 0.25) is 0 Å². The Labute approximate surface area is 172 Å². The van der Waals surface area contributed by atoms with Crippen molar-refractivity contribution in [3.8, 4) is 5.75 Å². The SMILES string of the molecule is Nc1cc(S(=O)(=O)O)cc2cc(S(=O)(=O)O)cc(OS(=O)(=O)Cc3ccccc3)c12. The fraction of sp³-hybridized carbons (Fsp3) is 0.0588. The third-order valence-corrected chi connectivity index (χ3v) is 6.77. The molecule has 0 spiro atoms. The van der Waals surface area contributed by atoms with Crippen molar-refractivity contribution >= 4 is 46.8 Å². The summed E-state index contributed by atoms with van der Waals surface area (Å²) in [4.78, 5) is -1.41. The van der Waals surface area contributed by atoms with E-state index in [2.05, 4.69) is 0 Å². The number of hydrogen-bond donors (Lipinski definition) is 3. The van der Waals surface area contributed by atoms with Gasteiger partial charge in [-0.15, -0.1) is 0 Å². The van der Waals surface area contributed by atoms with Crippen molar-refractivity contribution < 1.29 is 38.5 Å². The summed E-state index contributed by atoms with van der Waals surface area (Å²) < 4.78 is 94.8. The Morgan fingerprint density at radius 1 is 0.800 bits per heavy atom. The van der Waals surface area contributed by atoms with Crippen LogP contribution in [-0.4, -0.2) is 34.4 Å². The van der Waals surface area contributed by atoms with Gasteiger partial charge >= 0.3 is 10.1 Å². The van der Waals surface area contributed by atoms with E-state index in [4.69, 9.17) is 9.92 Å². The Balaban J connectivity index is 2.22. The highest BCUT2D eigenvalue weighted by atomic mass is 32.2. The lowest BCUT2D eigenvalue weighted by atomic mass is 10.1. The Morgan fingerprint density at radius 2 is 1.33 bits per heavy atom. The molecule has 30 heavy (non-hydrogen) atoms. The molecule has 3 aromatic rings. The van der Waals surface area contributed by atoms with E-state index in [1.54, 1.807) is 30.3 Å². The molecule has 0 aliphatic rings. The van der Waals surface area contributed by atoms with Gasteiger partial charge in [0.25, 0.3) is 20.2 Å². The van der Waals surface area contributed by atoms with Crippen LogP contribution in [0, 0.1) is 0 Å². The van der Waals surface area contributed by atoms with Crippen LogP contribution in [0.2, 0.25) is 0 Å². The number of benzene rings is 3. The first-order valence-electron chi connectivity index (χ1n) is 8.05. The van der Waals surface area contributed by atoms with E-state index in [1.165, 1.54) is 0 Å². The first-order valence-corrected chi connectivity index (χ1v) is 12.5. The van der Waals surface area contributed by atoms with Crippen LogP contribution in [0.5, 0.6) is 5.75 Å². The second kappa shape index (κ2) is 7.52. The maximum atomic E-state index is 12.5. The Kier molecular flexibility index (Phi) is 5.51. The Hall–Kier alpha value is -2.71. The minimum atomic E-state index is -4.82. The predicted molar refractivity (Wildman–Crippen MR) is 108 cm³/mol. The topological polar surface area (TPSA) is 178 Å². The van der Waals surface area contributed by atoms with E-state index >= 15 is 0 Å². The lowest BCUT2D eigenvalue weighted by Crippen LogP contribution is -2.13. The van der Waals surface area contributed by atoms with Crippen molar-refractivity contribution in [2.24, 2.45) is 0 Å². The molecule has 13 heteroatoms. The first kappa shape index (κ1) is 22.0. The lowest BCUT2D eigenvalue weighted by molar-refractivity contribution is 0.476. The predicted octanol–water partition coefficient (Wildman–Crippen LogP) is 1.82. The van der Waals surface area contributed by atoms with Crippen LogP contribution >= 0.6 is 0 Å². The van der Waals surface area contributed by atoms with Gasteiger partial charge in [-0.2, -0.15) is 25.3 Å². The molecule has 160 valence electrons. The molecule has 0 aliphatic heterocycles. The second-order valence-electron chi connectivity index (χ2n) is 6.25. The minimum Gasteiger partial charge on any atom is -0.398 e. The number of anilines is 1. The van der Waals surface area contributed by atoms with Gasteiger partial charge in [-0.1, -0.05) is 30.3 Å². The summed E-state index contributed by atoms with van der Waals surface area (Å²) >= 11 is 0. The van der Waals surface area contributed by atoms with Crippen LogP contribution in [0.15, 0.2) is 64.4 Å². The molecule has 10 nitrogen and oxygen atoms in total. The van der Waals surface area contributed by atoms with Gasteiger partial charge < -0.3 is 9.92 Å². The molecular weight excluding hydrogens is 458 g/mol. The number of fused-ring (bicyclic) bond motifs is 1. The average molecular weight is 474 g/mol. The number of rotatable bonds is 6. The molecule has 3 rings (SSSR count). The van der Waals surface area contributed by atoms with E-state index in [9.17, 15) is 34.4 Å². The molecule has 0 unspecified atom stereocenters. The first-order chi connectivity index (χ1) is 13.8. The van der Waals surface area contributed by atoms with Gasteiger partial charge in [0, 0.05) is 17.1 Å². The summed E-state index contributed by atoms with van der Waals surface area (Å²) in [6.07, 6.45) is 0. The van der Waals surface area contributed by atoms with Crippen LogP contribution in [0.3, 0.4) is 0 Å². The van der Waals surface area contributed by atoms with E-state index in [0.29, 0.717) is 5.56 Å². The molecule has 0 saturated carbocycles.